The number of carbonyl (C=O) groups excluding carboxylic acids is 2. The van der Waals surface area contributed by atoms with Crippen molar-refractivity contribution >= 4 is 23.3 Å². The van der Waals surface area contributed by atoms with Gasteiger partial charge in [-0.15, -0.1) is 0 Å². The van der Waals surface area contributed by atoms with Gasteiger partial charge in [0.05, 0.1) is 17.9 Å². The van der Waals surface area contributed by atoms with E-state index in [-0.39, 0.29) is 36.6 Å². The third-order valence-corrected chi connectivity index (χ3v) is 5.35. The average molecular weight is 434 g/mol. The molecule has 0 saturated carbocycles. The van der Waals surface area contributed by atoms with Crippen LogP contribution < -0.4 is 10.2 Å². The van der Waals surface area contributed by atoms with Crippen molar-refractivity contribution < 1.29 is 22.8 Å². The number of pyridine rings is 1. The molecule has 2 heterocycles. The van der Waals surface area contributed by atoms with Crippen LogP contribution in [0.15, 0.2) is 36.5 Å². The molecule has 0 radical (unpaired) electrons. The first-order valence-electron chi connectivity index (χ1n) is 9.96. The second-order valence-corrected chi connectivity index (χ2v) is 8.10. The highest BCUT2D eigenvalue weighted by atomic mass is 19.4. The summed E-state index contributed by atoms with van der Waals surface area (Å²) < 4.78 is 38.4. The van der Waals surface area contributed by atoms with Gasteiger partial charge in [0.15, 0.2) is 0 Å². The lowest BCUT2D eigenvalue weighted by molar-refractivity contribution is -0.141. The zero-order valence-corrected chi connectivity index (χ0v) is 17.8. The van der Waals surface area contributed by atoms with E-state index in [0.29, 0.717) is 5.69 Å². The highest BCUT2D eigenvalue weighted by Gasteiger charge is 2.41. The zero-order chi connectivity index (χ0) is 22.9. The molecule has 1 aliphatic heterocycles. The maximum absolute atomic E-state index is 13.0. The predicted octanol–water partition coefficient (Wildman–Crippen LogP) is 4.62. The van der Waals surface area contributed by atoms with Crippen LogP contribution in [0, 0.1) is 19.8 Å². The summed E-state index contributed by atoms with van der Waals surface area (Å²) in [7, 11) is 0. The van der Waals surface area contributed by atoms with Crippen LogP contribution in [0.5, 0.6) is 0 Å². The smallest absolute Gasteiger partial charge is 0.324 e. The summed E-state index contributed by atoms with van der Waals surface area (Å²) in [6, 6.07) is 7.09. The molecular weight excluding hydrogens is 409 g/mol. The zero-order valence-electron chi connectivity index (χ0n) is 17.8. The van der Waals surface area contributed by atoms with Crippen molar-refractivity contribution in [3.63, 3.8) is 0 Å². The molecule has 3 amide bonds. The second-order valence-electron chi connectivity index (χ2n) is 8.10. The van der Waals surface area contributed by atoms with Crippen LogP contribution in [0.3, 0.4) is 0 Å². The summed E-state index contributed by atoms with van der Waals surface area (Å²) in [6.45, 7) is 7.78. The van der Waals surface area contributed by atoms with Crippen LogP contribution in [0.4, 0.5) is 29.3 Å². The third kappa shape index (κ3) is 4.98. The molecule has 0 bridgehead atoms. The fourth-order valence-electron chi connectivity index (χ4n) is 3.56. The molecule has 6 nitrogen and oxygen atoms in total. The van der Waals surface area contributed by atoms with E-state index in [1.807, 2.05) is 45.9 Å². The Morgan fingerprint density at radius 1 is 1.23 bits per heavy atom. The number of nitrogens with one attached hydrogen (secondary N) is 1. The van der Waals surface area contributed by atoms with Crippen LogP contribution in [0.2, 0.25) is 0 Å². The van der Waals surface area contributed by atoms with E-state index in [1.54, 1.807) is 0 Å². The first-order valence-corrected chi connectivity index (χ1v) is 9.96. The second kappa shape index (κ2) is 8.56. The van der Waals surface area contributed by atoms with E-state index < -0.39 is 17.9 Å². The van der Waals surface area contributed by atoms with E-state index >= 15 is 0 Å². The highest BCUT2D eigenvalue weighted by molar-refractivity contribution is 6.00. The lowest BCUT2D eigenvalue weighted by Crippen LogP contribution is -2.42. The molecule has 0 unspecified atom stereocenters. The van der Waals surface area contributed by atoms with Gasteiger partial charge in [-0.3, -0.25) is 9.69 Å². The molecule has 2 aromatic rings. The quantitative estimate of drug-likeness (QED) is 0.747. The molecule has 3 rings (SSSR count). The Hall–Kier alpha value is -3.10. The molecule has 1 aromatic carbocycles. The van der Waals surface area contributed by atoms with Crippen LogP contribution in [-0.4, -0.2) is 41.0 Å². The normalized spacial score (nSPS) is 16.9. The lowest BCUT2D eigenvalue weighted by Gasteiger charge is -2.25. The van der Waals surface area contributed by atoms with E-state index in [2.05, 4.69) is 10.3 Å². The van der Waals surface area contributed by atoms with Crippen molar-refractivity contribution in [1.29, 1.82) is 0 Å². The minimum absolute atomic E-state index is 0.0462. The molecule has 1 N–H and O–H groups in total. The third-order valence-electron chi connectivity index (χ3n) is 5.35. The number of benzene rings is 1. The molecule has 1 aliphatic rings. The van der Waals surface area contributed by atoms with Gasteiger partial charge in [-0.1, -0.05) is 26.0 Å². The summed E-state index contributed by atoms with van der Waals surface area (Å²) in [5, 5.41) is 2.85. The SMILES string of the molecule is Cc1ccc(C)c(NC(=O)CN2C(=O)N(c3ccc(C(F)(F)F)nc3)C[C@@H]2C(C)C)c1. The van der Waals surface area contributed by atoms with Crippen molar-refractivity contribution in [3.05, 3.63) is 53.3 Å². The van der Waals surface area contributed by atoms with Gasteiger partial charge in [-0.05, 0) is 49.1 Å². The monoisotopic (exact) mass is 434 g/mol. The summed E-state index contributed by atoms with van der Waals surface area (Å²) in [6.07, 6.45) is -3.51. The Kier molecular flexibility index (Phi) is 6.24. The largest absolute Gasteiger partial charge is 0.433 e. The number of anilines is 2. The summed E-state index contributed by atoms with van der Waals surface area (Å²) >= 11 is 0. The number of aryl methyl sites for hydroxylation is 2. The maximum Gasteiger partial charge on any atom is 0.433 e. The van der Waals surface area contributed by atoms with Crippen molar-refractivity contribution in [3.8, 4) is 0 Å². The van der Waals surface area contributed by atoms with E-state index in [1.165, 1.54) is 15.9 Å². The number of hydrogen-bond acceptors (Lipinski definition) is 3. The van der Waals surface area contributed by atoms with Gasteiger partial charge in [0.25, 0.3) is 0 Å². The maximum atomic E-state index is 13.0. The van der Waals surface area contributed by atoms with E-state index in [0.717, 1.165) is 23.4 Å². The first-order chi connectivity index (χ1) is 14.5. The lowest BCUT2D eigenvalue weighted by atomic mass is 10.0. The Labute approximate surface area is 179 Å². The summed E-state index contributed by atoms with van der Waals surface area (Å²) in [5.74, 6) is -0.287. The molecule has 0 spiro atoms. The fraction of sp³-hybridized carbons (Fsp3) is 0.409. The van der Waals surface area contributed by atoms with Crippen molar-refractivity contribution in [2.75, 3.05) is 23.3 Å². The molecular formula is C22H25F3N4O2. The number of rotatable bonds is 5. The predicted molar refractivity (Wildman–Crippen MR) is 112 cm³/mol. The standard InChI is InChI=1S/C22H25F3N4O2/c1-13(2)18-11-28(16-7-8-19(26-10-16)22(23,24)25)21(31)29(18)12-20(30)27-17-9-14(3)5-6-15(17)4/h5-10,13,18H,11-12H2,1-4H3,(H,27,30)/t18-/m1/s1. The summed E-state index contributed by atoms with van der Waals surface area (Å²) in [4.78, 5) is 32.0. The van der Waals surface area contributed by atoms with Crippen molar-refractivity contribution in [2.24, 2.45) is 5.92 Å². The molecule has 0 aliphatic carbocycles. The minimum atomic E-state index is -4.55. The Balaban J connectivity index is 1.77. The number of halogens is 3. The molecule has 1 aromatic heterocycles. The van der Waals surface area contributed by atoms with E-state index in [9.17, 15) is 22.8 Å². The van der Waals surface area contributed by atoms with Crippen molar-refractivity contribution in [1.82, 2.24) is 9.88 Å². The molecule has 166 valence electrons. The van der Waals surface area contributed by atoms with Gasteiger partial charge in [0, 0.05) is 12.2 Å². The topological polar surface area (TPSA) is 65.5 Å². The Morgan fingerprint density at radius 3 is 2.52 bits per heavy atom. The number of alkyl halides is 3. The fourth-order valence-corrected chi connectivity index (χ4v) is 3.56. The van der Waals surface area contributed by atoms with Gasteiger partial charge in [-0.25, -0.2) is 9.78 Å². The molecule has 1 fully saturated rings. The summed E-state index contributed by atoms with van der Waals surface area (Å²) in [5.41, 5.74) is 1.83. The van der Waals surface area contributed by atoms with Crippen LogP contribution in [0.25, 0.3) is 0 Å². The van der Waals surface area contributed by atoms with E-state index in [4.69, 9.17) is 0 Å². The van der Waals surface area contributed by atoms with Crippen LogP contribution in [0.1, 0.15) is 30.7 Å². The molecule has 1 saturated heterocycles. The number of aromatic nitrogens is 1. The molecule has 9 heteroatoms. The average Bonchev–Trinajstić information content (AvgIpc) is 3.01. The number of carbonyl (C=O) groups is 2. The number of amides is 3. The van der Waals surface area contributed by atoms with Gasteiger partial charge in [0.1, 0.15) is 12.2 Å². The van der Waals surface area contributed by atoms with Gasteiger partial charge in [0.2, 0.25) is 5.91 Å². The van der Waals surface area contributed by atoms with Gasteiger partial charge < -0.3 is 10.2 Å². The molecule has 31 heavy (non-hydrogen) atoms. The van der Waals surface area contributed by atoms with Crippen LogP contribution in [-0.2, 0) is 11.0 Å². The van der Waals surface area contributed by atoms with Gasteiger partial charge >= 0.3 is 12.2 Å². The number of urea groups is 1. The highest BCUT2D eigenvalue weighted by Crippen LogP contribution is 2.31. The molecule has 1 atom stereocenters. The number of nitrogens with zero attached hydrogens (tertiary/aromatic N) is 3. The minimum Gasteiger partial charge on any atom is -0.324 e. The number of hydrogen-bond donors (Lipinski definition) is 1. The van der Waals surface area contributed by atoms with Gasteiger partial charge in [-0.2, -0.15) is 13.2 Å². The first kappa shape index (κ1) is 22.6. The Morgan fingerprint density at radius 2 is 1.94 bits per heavy atom. The van der Waals surface area contributed by atoms with Crippen molar-refractivity contribution in [2.45, 2.75) is 39.9 Å². The van der Waals surface area contributed by atoms with Crippen LogP contribution >= 0.6 is 0 Å². The Bertz CT molecular complexity index is 974.